The van der Waals surface area contributed by atoms with Crippen molar-refractivity contribution in [3.05, 3.63) is 92.1 Å². The summed E-state index contributed by atoms with van der Waals surface area (Å²) < 4.78 is 1.05. The minimum Gasteiger partial charge on any atom is -0.304 e. The maximum atomic E-state index is 4.53. The second kappa shape index (κ2) is 9.03. The first-order valence-electron chi connectivity index (χ1n) is 8.28. The molecule has 1 heterocycles. The summed E-state index contributed by atoms with van der Waals surface area (Å²) in [4.78, 5) is 4.52. The summed E-state index contributed by atoms with van der Waals surface area (Å²) in [6, 6.07) is 22.4. The highest BCUT2D eigenvalue weighted by molar-refractivity contribution is 9.10. The molecule has 3 nitrogen and oxygen atoms in total. The van der Waals surface area contributed by atoms with Crippen LogP contribution in [0.4, 0.5) is 0 Å². The highest BCUT2D eigenvalue weighted by Gasteiger charge is 2.07. The molecule has 2 aromatic carbocycles. The van der Waals surface area contributed by atoms with Crippen molar-refractivity contribution >= 4 is 39.2 Å². The number of halogens is 1. The molecule has 3 aromatic rings. The first kappa shape index (κ1) is 18.7. The van der Waals surface area contributed by atoms with Gasteiger partial charge in [0.15, 0.2) is 0 Å². The van der Waals surface area contributed by atoms with Gasteiger partial charge < -0.3 is 4.90 Å². The molecule has 3 rings (SSSR count). The Hall–Kier alpha value is -2.08. The van der Waals surface area contributed by atoms with Crippen LogP contribution in [0.3, 0.4) is 0 Å². The van der Waals surface area contributed by atoms with E-state index in [9.17, 15) is 0 Å². The van der Waals surface area contributed by atoms with Crippen LogP contribution in [0, 0.1) is 0 Å². The minimum absolute atomic E-state index is 0.864. The van der Waals surface area contributed by atoms with Crippen LogP contribution in [0.25, 0.3) is 0 Å². The van der Waals surface area contributed by atoms with E-state index in [4.69, 9.17) is 0 Å². The van der Waals surface area contributed by atoms with Gasteiger partial charge in [0.25, 0.3) is 0 Å². The zero-order valence-corrected chi connectivity index (χ0v) is 17.2. The number of nitrogens with zero attached hydrogens (tertiary/aromatic N) is 3. The van der Waals surface area contributed by atoms with E-state index in [1.165, 1.54) is 4.88 Å². The lowest BCUT2D eigenvalue weighted by molar-refractivity contribution is 0.406. The highest BCUT2D eigenvalue weighted by Crippen LogP contribution is 2.26. The molecule has 0 saturated carbocycles. The Morgan fingerprint density at radius 2 is 1.58 bits per heavy atom. The molecule has 0 atom stereocenters. The predicted molar refractivity (Wildman–Crippen MR) is 116 cm³/mol. The lowest BCUT2D eigenvalue weighted by Gasteiger charge is -2.05. The Bertz CT molecular complexity index is 858. The highest BCUT2D eigenvalue weighted by atomic mass is 79.9. The van der Waals surface area contributed by atoms with Gasteiger partial charge in [-0.1, -0.05) is 60.7 Å². The smallest absolute Gasteiger partial charge is 0.100 e. The lowest BCUT2D eigenvalue weighted by atomic mass is 10.0. The molecule has 0 amide bonds. The number of thiophene rings is 1. The van der Waals surface area contributed by atoms with Crippen LogP contribution in [0.2, 0.25) is 0 Å². The van der Waals surface area contributed by atoms with Gasteiger partial charge in [-0.3, -0.25) is 0 Å². The van der Waals surface area contributed by atoms with Crippen LogP contribution in [0.5, 0.6) is 0 Å². The maximum absolute atomic E-state index is 4.53. The van der Waals surface area contributed by atoms with Gasteiger partial charge in [0, 0.05) is 27.0 Å². The summed E-state index contributed by atoms with van der Waals surface area (Å²) in [5, 5.41) is 8.91. The van der Waals surface area contributed by atoms with Crippen molar-refractivity contribution < 1.29 is 0 Å². The van der Waals surface area contributed by atoms with Crippen molar-refractivity contribution in [3.63, 3.8) is 0 Å². The van der Waals surface area contributed by atoms with E-state index in [-0.39, 0.29) is 0 Å². The fourth-order valence-electron chi connectivity index (χ4n) is 2.52. The first-order valence-corrected chi connectivity index (χ1v) is 9.89. The Kier molecular flexibility index (Phi) is 6.50. The number of hydrogen-bond donors (Lipinski definition) is 0. The molecule has 5 heteroatoms. The predicted octanol–water partition coefficient (Wildman–Crippen LogP) is 5.44. The van der Waals surface area contributed by atoms with Crippen molar-refractivity contribution in [3.8, 4) is 0 Å². The third-order valence-electron chi connectivity index (χ3n) is 3.66. The van der Waals surface area contributed by atoms with Crippen molar-refractivity contribution in [2.24, 2.45) is 10.2 Å². The third kappa shape index (κ3) is 4.97. The topological polar surface area (TPSA) is 28.0 Å². The van der Waals surface area contributed by atoms with Gasteiger partial charge in [-0.25, -0.2) is 0 Å². The van der Waals surface area contributed by atoms with E-state index in [1.54, 1.807) is 11.3 Å². The van der Waals surface area contributed by atoms with E-state index >= 15 is 0 Å². The normalized spacial score (nSPS) is 11.2. The molecule has 0 unspecified atom stereocenters. The summed E-state index contributed by atoms with van der Waals surface area (Å²) >= 11 is 5.34. The number of benzene rings is 2. The standard InChI is InChI=1S/C21H20BrN3S/c1-25(2)15-18-13-19(22)20(26-18)14-23-24-21(16-9-5-3-6-10-16)17-11-7-4-8-12-17/h3-14H,15H2,1-2H3. The molecule has 0 aliphatic rings. The average molecular weight is 426 g/mol. The molecule has 132 valence electrons. The molecule has 0 saturated heterocycles. The van der Waals surface area contributed by atoms with Crippen LogP contribution < -0.4 is 0 Å². The zero-order chi connectivity index (χ0) is 18.4. The summed E-state index contributed by atoms with van der Waals surface area (Å²) in [6.45, 7) is 0.916. The average Bonchev–Trinajstić information content (AvgIpc) is 2.98. The molecule has 0 radical (unpaired) electrons. The van der Waals surface area contributed by atoms with Crippen LogP contribution in [-0.4, -0.2) is 30.9 Å². The molecule has 0 aliphatic carbocycles. The van der Waals surface area contributed by atoms with E-state index < -0.39 is 0 Å². The van der Waals surface area contributed by atoms with Crippen molar-refractivity contribution in [1.82, 2.24) is 4.90 Å². The number of hydrogen-bond acceptors (Lipinski definition) is 4. The molecular formula is C21H20BrN3S. The van der Waals surface area contributed by atoms with Crippen LogP contribution in [0.15, 0.2) is 81.4 Å². The van der Waals surface area contributed by atoms with Gasteiger partial charge in [0.05, 0.1) is 11.1 Å². The van der Waals surface area contributed by atoms with E-state index in [2.05, 4.69) is 75.5 Å². The Morgan fingerprint density at radius 3 is 2.12 bits per heavy atom. The van der Waals surface area contributed by atoms with E-state index in [0.29, 0.717) is 0 Å². The molecule has 0 fully saturated rings. The van der Waals surface area contributed by atoms with Gasteiger partial charge in [-0.15, -0.1) is 16.4 Å². The van der Waals surface area contributed by atoms with Gasteiger partial charge >= 0.3 is 0 Å². The summed E-state index contributed by atoms with van der Waals surface area (Å²) in [7, 11) is 4.13. The fourth-order valence-corrected chi connectivity index (χ4v) is 4.33. The summed E-state index contributed by atoms with van der Waals surface area (Å²) in [5.74, 6) is 0. The van der Waals surface area contributed by atoms with Crippen molar-refractivity contribution in [1.29, 1.82) is 0 Å². The summed E-state index contributed by atoms with van der Waals surface area (Å²) in [5.41, 5.74) is 2.97. The van der Waals surface area contributed by atoms with Gasteiger partial charge in [-0.2, -0.15) is 5.10 Å². The van der Waals surface area contributed by atoms with Gasteiger partial charge in [0.2, 0.25) is 0 Å². The summed E-state index contributed by atoms with van der Waals surface area (Å²) in [6.07, 6.45) is 1.82. The fraction of sp³-hybridized carbons (Fsp3) is 0.143. The molecule has 0 N–H and O–H groups in total. The Balaban J connectivity index is 1.90. The molecule has 0 spiro atoms. The van der Waals surface area contributed by atoms with Crippen LogP contribution >= 0.6 is 27.3 Å². The van der Waals surface area contributed by atoms with Gasteiger partial charge in [-0.05, 0) is 36.1 Å². The van der Waals surface area contributed by atoms with E-state index in [0.717, 1.165) is 32.7 Å². The molecule has 0 aliphatic heterocycles. The molecule has 26 heavy (non-hydrogen) atoms. The minimum atomic E-state index is 0.864. The van der Waals surface area contributed by atoms with E-state index in [1.807, 2.05) is 42.6 Å². The van der Waals surface area contributed by atoms with Crippen molar-refractivity contribution in [2.45, 2.75) is 6.54 Å². The Labute approximate surface area is 166 Å². The quantitative estimate of drug-likeness (QED) is 0.381. The molecule has 1 aromatic heterocycles. The Morgan fingerprint density at radius 1 is 1.00 bits per heavy atom. The molecule has 0 bridgehead atoms. The van der Waals surface area contributed by atoms with Gasteiger partial charge in [0.1, 0.15) is 5.71 Å². The SMILES string of the molecule is CN(C)Cc1cc(Br)c(C=NN=C(c2ccccc2)c2ccccc2)s1. The maximum Gasteiger partial charge on any atom is 0.100 e. The first-order chi connectivity index (χ1) is 12.6. The van der Waals surface area contributed by atoms with Crippen molar-refractivity contribution in [2.75, 3.05) is 14.1 Å². The second-order valence-electron chi connectivity index (χ2n) is 6.09. The monoisotopic (exact) mass is 425 g/mol. The molecular weight excluding hydrogens is 406 g/mol. The van der Waals surface area contributed by atoms with Crippen LogP contribution in [0.1, 0.15) is 20.9 Å². The number of rotatable bonds is 6. The van der Waals surface area contributed by atoms with Crippen LogP contribution in [-0.2, 0) is 6.54 Å². The zero-order valence-electron chi connectivity index (χ0n) is 14.8. The lowest BCUT2D eigenvalue weighted by Crippen LogP contribution is -2.09. The largest absolute Gasteiger partial charge is 0.304 e. The second-order valence-corrected chi connectivity index (χ2v) is 8.11. The third-order valence-corrected chi connectivity index (χ3v) is 5.64.